The Balaban J connectivity index is 1.56. The minimum absolute atomic E-state index is 0.0385. The zero-order chi connectivity index (χ0) is 21.8. The van der Waals surface area contributed by atoms with Crippen LogP contribution in [0.3, 0.4) is 0 Å². The Hall–Kier alpha value is -2.64. The van der Waals surface area contributed by atoms with E-state index in [-0.39, 0.29) is 17.6 Å². The van der Waals surface area contributed by atoms with Gasteiger partial charge in [0.2, 0.25) is 15.9 Å². The van der Waals surface area contributed by atoms with Crippen molar-refractivity contribution >= 4 is 26.8 Å². The van der Waals surface area contributed by atoms with Gasteiger partial charge in [0.05, 0.1) is 5.75 Å². The van der Waals surface area contributed by atoms with Crippen LogP contribution in [0.2, 0.25) is 0 Å². The van der Waals surface area contributed by atoms with Crippen LogP contribution in [-0.2, 0) is 14.8 Å². The van der Waals surface area contributed by atoms with E-state index in [2.05, 4.69) is 28.5 Å². The Morgan fingerprint density at radius 1 is 1.16 bits per heavy atom. The fourth-order valence-corrected chi connectivity index (χ4v) is 6.25. The number of hydrogen-bond donors (Lipinski definition) is 2. The number of para-hydroxylation sites is 1. The summed E-state index contributed by atoms with van der Waals surface area (Å²) in [5.74, 6) is -0.167. The summed E-state index contributed by atoms with van der Waals surface area (Å²) in [6.07, 6.45) is 3.83. The van der Waals surface area contributed by atoms with Crippen LogP contribution in [0.25, 0.3) is 10.9 Å². The topological polar surface area (TPSA) is 82.3 Å². The Labute approximate surface area is 183 Å². The number of benzene rings is 2. The molecule has 3 aromatic rings. The molecule has 1 amide bonds. The maximum atomic E-state index is 13.1. The largest absolute Gasteiger partial charge is 0.361 e. The number of nitrogens with one attached hydrogen (secondary N) is 2. The second kappa shape index (κ2) is 9.24. The molecule has 6 nitrogen and oxygen atoms in total. The molecule has 2 atom stereocenters. The molecule has 1 aliphatic heterocycles. The zero-order valence-electron chi connectivity index (χ0n) is 17.8. The van der Waals surface area contributed by atoms with Gasteiger partial charge >= 0.3 is 0 Å². The average Bonchev–Trinajstić information content (AvgIpc) is 3.43. The van der Waals surface area contributed by atoms with Gasteiger partial charge in [0.25, 0.3) is 0 Å². The first-order valence-electron chi connectivity index (χ1n) is 10.9. The van der Waals surface area contributed by atoms with Crippen LogP contribution in [0.4, 0.5) is 0 Å². The van der Waals surface area contributed by atoms with E-state index in [9.17, 15) is 13.2 Å². The number of sulfonamides is 1. The Morgan fingerprint density at radius 2 is 1.90 bits per heavy atom. The van der Waals surface area contributed by atoms with E-state index in [1.165, 1.54) is 4.31 Å². The standard InChI is InChI=1S/C24H29N3O3S/c1-2-15-31(29,30)27-14-8-13-23(27)24(28)26-16-20(18-9-4-3-5-10-18)21-17-25-22-12-7-6-11-19(21)22/h3-7,9-12,17,20,23,25H,2,8,13-16H2,1H3,(H,26,28)/t20-,23-/m1/s1. The van der Waals surface area contributed by atoms with Crippen LogP contribution in [0, 0.1) is 0 Å². The van der Waals surface area contributed by atoms with Crippen LogP contribution >= 0.6 is 0 Å². The van der Waals surface area contributed by atoms with Crippen LogP contribution in [0.15, 0.2) is 60.8 Å². The summed E-state index contributed by atoms with van der Waals surface area (Å²) in [5, 5.41) is 4.19. The van der Waals surface area contributed by atoms with Gasteiger partial charge in [-0.3, -0.25) is 4.79 Å². The van der Waals surface area contributed by atoms with E-state index in [4.69, 9.17) is 0 Å². The van der Waals surface area contributed by atoms with E-state index >= 15 is 0 Å². The number of aromatic amines is 1. The molecule has 1 saturated heterocycles. The minimum Gasteiger partial charge on any atom is -0.361 e. The molecule has 0 spiro atoms. The second-order valence-electron chi connectivity index (χ2n) is 8.08. The summed E-state index contributed by atoms with van der Waals surface area (Å²) < 4.78 is 26.6. The van der Waals surface area contributed by atoms with Crippen LogP contribution < -0.4 is 5.32 Å². The summed E-state index contributed by atoms with van der Waals surface area (Å²) in [7, 11) is -3.40. The predicted octanol–water partition coefficient (Wildman–Crippen LogP) is 3.62. The average molecular weight is 440 g/mol. The number of H-pyrrole nitrogens is 1. The van der Waals surface area contributed by atoms with Crippen molar-refractivity contribution in [1.29, 1.82) is 0 Å². The van der Waals surface area contributed by atoms with Crippen molar-refractivity contribution in [2.45, 2.75) is 38.1 Å². The first-order chi connectivity index (χ1) is 15.0. The SMILES string of the molecule is CCCS(=O)(=O)N1CCC[C@@H]1C(=O)NC[C@H](c1ccccc1)c1c[nH]c2ccccc12. The van der Waals surface area contributed by atoms with Crippen LogP contribution in [-0.4, -0.2) is 48.5 Å². The number of amides is 1. The van der Waals surface area contributed by atoms with Gasteiger partial charge in [0.15, 0.2) is 0 Å². The molecular weight excluding hydrogens is 410 g/mol. The molecule has 7 heteroatoms. The van der Waals surface area contributed by atoms with Gasteiger partial charge in [-0.1, -0.05) is 55.5 Å². The molecule has 1 aromatic heterocycles. The Bertz CT molecular complexity index is 1140. The predicted molar refractivity (Wildman–Crippen MR) is 123 cm³/mol. The van der Waals surface area contributed by atoms with Gasteiger partial charge < -0.3 is 10.3 Å². The van der Waals surface area contributed by atoms with E-state index < -0.39 is 16.1 Å². The molecule has 2 heterocycles. The number of carbonyl (C=O) groups excluding carboxylic acids is 1. The summed E-state index contributed by atoms with van der Waals surface area (Å²) in [6.45, 7) is 2.67. The van der Waals surface area contributed by atoms with Crippen molar-refractivity contribution in [1.82, 2.24) is 14.6 Å². The number of fused-ring (bicyclic) bond motifs is 1. The molecule has 31 heavy (non-hydrogen) atoms. The fraction of sp³-hybridized carbons (Fsp3) is 0.375. The van der Waals surface area contributed by atoms with Crippen LogP contribution in [0.5, 0.6) is 0 Å². The highest BCUT2D eigenvalue weighted by Crippen LogP contribution is 2.31. The third kappa shape index (κ3) is 4.52. The fourth-order valence-electron chi connectivity index (χ4n) is 4.51. The highest BCUT2D eigenvalue weighted by molar-refractivity contribution is 7.89. The highest BCUT2D eigenvalue weighted by atomic mass is 32.2. The Morgan fingerprint density at radius 3 is 2.68 bits per heavy atom. The number of nitrogens with zero attached hydrogens (tertiary/aromatic N) is 1. The van der Waals surface area contributed by atoms with Gasteiger partial charge in [-0.2, -0.15) is 4.31 Å². The van der Waals surface area contributed by atoms with Gasteiger partial charge in [0, 0.05) is 36.1 Å². The van der Waals surface area contributed by atoms with E-state index in [0.29, 0.717) is 32.4 Å². The smallest absolute Gasteiger partial charge is 0.238 e. The molecule has 0 aliphatic carbocycles. The molecule has 4 rings (SSSR count). The van der Waals surface area contributed by atoms with Gasteiger partial charge in [-0.25, -0.2) is 8.42 Å². The highest BCUT2D eigenvalue weighted by Gasteiger charge is 2.38. The lowest BCUT2D eigenvalue weighted by molar-refractivity contribution is -0.124. The summed E-state index contributed by atoms with van der Waals surface area (Å²) in [6, 6.07) is 17.6. The van der Waals surface area contributed by atoms with Crippen molar-refractivity contribution in [3.63, 3.8) is 0 Å². The maximum absolute atomic E-state index is 13.1. The molecule has 0 radical (unpaired) electrons. The van der Waals surface area contributed by atoms with E-state index in [1.54, 1.807) is 0 Å². The number of aromatic nitrogens is 1. The van der Waals surface area contributed by atoms with Crippen LogP contribution in [0.1, 0.15) is 43.2 Å². The number of hydrogen-bond acceptors (Lipinski definition) is 3. The van der Waals surface area contributed by atoms with Crippen molar-refractivity contribution in [3.05, 3.63) is 71.9 Å². The molecule has 1 aliphatic rings. The van der Waals surface area contributed by atoms with Gasteiger partial charge in [0.1, 0.15) is 6.04 Å². The van der Waals surface area contributed by atoms with Crippen molar-refractivity contribution < 1.29 is 13.2 Å². The lowest BCUT2D eigenvalue weighted by Crippen LogP contribution is -2.47. The molecule has 2 aromatic carbocycles. The van der Waals surface area contributed by atoms with Crippen molar-refractivity contribution in [2.75, 3.05) is 18.8 Å². The van der Waals surface area contributed by atoms with Crippen molar-refractivity contribution in [3.8, 4) is 0 Å². The second-order valence-corrected chi connectivity index (χ2v) is 10.1. The summed E-state index contributed by atoms with van der Waals surface area (Å²) in [5.41, 5.74) is 3.27. The molecule has 2 N–H and O–H groups in total. The first-order valence-corrected chi connectivity index (χ1v) is 12.5. The minimum atomic E-state index is -3.40. The third-order valence-corrected chi connectivity index (χ3v) is 8.08. The third-order valence-electron chi connectivity index (χ3n) is 6.00. The number of carbonyl (C=O) groups is 1. The summed E-state index contributed by atoms with van der Waals surface area (Å²) in [4.78, 5) is 16.4. The molecule has 0 saturated carbocycles. The van der Waals surface area contributed by atoms with Gasteiger partial charge in [-0.05, 0) is 36.5 Å². The molecule has 0 bridgehead atoms. The normalized spacial score (nSPS) is 18.3. The molecule has 0 unspecified atom stereocenters. The monoisotopic (exact) mass is 439 g/mol. The molecular formula is C24H29N3O3S. The lowest BCUT2D eigenvalue weighted by Gasteiger charge is -2.25. The van der Waals surface area contributed by atoms with Gasteiger partial charge in [-0.15, -0.1) is 0 Å². The Kier molecular flexibility index (Phi) is 6.43. The number of rotatable bonds is 8. The van der Waals surface area contributed by atoms with E-state index in [1.807, 2.05) is 49.5 Å². The molecule has 1 fully saturated rings. The van der Waals surface area contributed by atoms with Crippen molar-refractivity contribution in [2.24, 2.45) is 0 Å². The quantitative estimate of drug-likeness (QED) is 0.562. The molecule has 164 valence electrons. The zero-order valence-corrected chi connectivity index (χ0v) is 18.6. The summed E-state index contributed by atoms with van der Waals surface area (Å²) >= 11 is 0. The maximum Gasteiger partial charge on any atom is 0.238 e. The lowest BCUT2D eigenvalue weighted by atomic mass is 9.91. The first kappa shape index (κ1) is 21.6. The van der Waals surface area contributed by atoms with E-state index in [0.717, 1.165) is 22.0 Å².